The van der Waals surface area contributed by atoms with E-state index >= 15 is 0 Å². The summed E-state index contributed by atoms with van der Waals surface area (Å²) >= 11 is 0. The third-order valence-electron chi connectivity index (χ3n) is 4.91. The average molecular weight is 380 g/mol. The molecule has 0 spiro atoms. The van der Waals surface area contributed by atoms with Gasteiger partial charge in [0.2, 0.25) is 0 Å². The minimum atomic E-state index is -0.0183. The monoisotopic (exact) mass is 380 g/mol. The summed E-state index contributed by atoms with van der Waals surface area (Å²) in [4.78, 5) is 27.8. The number of aromatic nitrogens is 5. The molecular weight excluding hydrogens is 356 g/mol. The van der Waals surface area contributed by atoms with Crippen molar-refractivity contribution in [1.29, 1.82) is 0 Å². The van der Waals surface area contributed by atoms with E-state index in [0.717, 1.165) is 31.5 Å². The molecule has 0 aromatic carbocycles. The first-order valence-electron chi connectivity index (χ1n) is 9.75. The highest BCUT2D eigenvalue weighted by atomic mass is 16.5. The Morgan fingerprint density at radius 2 is 1.93 bits per heavy atom. The van der Waals surface area contributed by atoms with E-state index < -0.39 is 0 Å². The van der Waals surface area contributed by atoms with Crippen LogP contribution in [0.1, 0.15) is 61.8 Å². The number of nitrogens with zero attached hydrogens (tertiary/aromatic N) is 6. The Morgan fingerprint density at radius 3 is 2.64 bits per heavy atom. The molecule has 1 saturated heterocycles. The van der Waals surface area contributed by atoms with Gasteiger partial charge in [0, 0.05) is 37.0 Å². The molecule has 1 aliphatic heterocycles. The van der Waals surface area contributed by atoms with Crippen LogP contribution in [-0.4, -0.2) is 48.6 Å². The lowest BCUT2D eigenvalue weighted by molar-refractivity contribution is 0.0756. The van der Waals surface area contributed by atoms with Crippen molar-refractivity contribution in [3.05, 3.63) is 42.4 Å². The van der Waals surface area contributed by atoms with Gasteiger partial charge in [-0.15, -0.1) is 0 Å². The first-order valence-corrected chi connectivity index (χ1v) is 9.75. The lowest BCUT2D eigenvalue weighted by atomic mass is 10.2. The maximum absolute atomic E-state index is 12.7. The lowest BCUT2D eigenvalue weighted by Gasteiger charge is -2.18. The largest absolute Gasteiger partial charge is 0.337 e. The molecule has 1 fully saturated rings. The van der Waals surface area contributed by atoms with Gasteiger partial charge in [0.05, 0.1) is 0 Å². The van der Waals surface area contributed by atoms with E-state index in [1.165, 1.54) is 12.8 Å². The molecule has 0 unspecified atom stereocenters. The Morgan fingerprint density at radius 1 is 1.14 bits per heavy atom. The molecule has 0 atom stereocenters. The van der Waals surface area contributed by atoms with E-state index in [4.69, 9.17) is 4.52 Å². The zero-order chi connectivity index (χ0) is 19.5. The van der Waals surface area contributed by atoms with E-state index in [2.05, 4.69) is 20.1 Å². The molecule has 0 radical (unpaired) electrons. The van der Waals surface area contributed by atoms with Crippen LogP contribution in [0.15, 0.2) is 35.4 Å². The van der Waals surface area contributed by atoms with Crippen LogP contribution in [0.4, 0.5) is 0 Å². The number of likely N-dealkylation sites (tertiary alicyclic amines) is 1. The molecule has 4 rings (SSSR count). The molecule has 4 heterocycles. The third-order valence-corrected chi connectivity index (χ3v) is 4.91. The number of imidazole rings is 1. The summed E-state index contributed by atoms with van der Waals surface area (Å²) < 4.78 is 7.11. The molecule has 1 aliphatic rings. The van der Waals surface area contributed by atoms with Crippen molar-refractivity contribution in [2.75, 3.05) is 13.1 Å². The number of carbonyl (C=O) groups excluding carboxylic acids is 1. The SMILES string of the molecule is CC(C)c1noc(-c2ccnc(-n3cnc(C(=O)N4CCCCCC4)c3)c2)n1. The highest BCUT2D eigenvalue weighted by Crippen LogP contribution is 2.21. The van der Waals surface area contributed by atoms with Crippen molar-refractivity contribution >= 4 is 5.91 Å². The molecule has 8 heteroatoms. The van der Waals surface area contributed by atoms with E-state index in [1.807, 2.05) is 30.9 Å². The predicted molar refractivity (Wildman–Crippen MR) is 103 cm³/mol. The van der Waals surface area contributed by atoms with E-state index in [1.54, 1.807) is 23.3 Å². The topological polar surface area (TPSA) is 89.9 Å². The molecule has 146 valence electrons. The third kappa shape index (κ3) is 3.81. The van der Waals surface area contributed by atoms with Crippen LogP contribution in [0.25, 0.3) is 17.3 Å². The lowest BCUT2D eigenvalue weighted by Crippen LogP contribution is -2.32. The van der Waals surface area contributed by atoms with Crippen LogP contribution in [-0.2, 0) is 0 Å². The highest BCUT2D eigenvalue weighted by molar-refractivity contribution is 5.92. The molecule has 8 nitrogen and oxygen atoms in total. The maximum Gasteiger partial charge on any atom is 0.274 e. The summed E-state index contributed by atoms with van der Waals surface area (Å²) in [5.74, 6) is 1.94. The fourth-order valence-electron chi connectivity index (χ4n) is 3.27. The Balaban J connectivity index is 1.55. The molecular formula is C20H24N6O2. The van der Waals surface area contributed by atoms with E-state index in [0.29, 0.717) is 23.2 Å². The Kier molecular flexibility index (Phi) is 5.18. The molecule has 28 heavy (non-hydrogen) atoms. The van der Waals surface area contributed by atoms with Crippen molar-refractivity contribution in [2.45, 2.75) is 45.4 Å². The van der Waals surface area contributed by atoms with Crippen molar-refractivity contribution < 1.29 is 9.32 Å². The number of amides is 1. The van der Waals surface area contributed by atoms with Crippen LogP contribution in [0.5, 0.6) is 0 Å². The Bertz CT molecular complexity index is 953. The first kappa shape index (κ1) is 18.3. The smallest absolute Gasteiger partial charge is 0.274 e. The number of carbonyl (C=O) groups is 1. The minimum Gasteiger partial charge on any atom is -0.337 e. The molecule has 0 aliphatic carbocycles. The quantitative estimate of drug-likeness (QED) is 0.688. The Hall–Kier alpha value is -3.03. The standard InChI is InChI=1S/C20H24N6O2/c1-14(2)18-23-19(28-24-18)15-7-8-21-17(11-15)26-12-16(22-13-26)20(27)25-9-5-3-4-6-10-25/h7-8,11-14H,3-6,9-10H2,1-2H3. The number of rotatable bonds is 4. The van der Waals surface area contributed by atoms with Gasteiger partial charge in [0.25, 0.3) is 11.8 Å². The number of hydrogen-bond acceptors (Lipinski definition) is 6. The van der Waals surface area contributed by atoms with Crippen LogP contribution in [0.3, 0.4) is 0 Å². The molecule has 1 amide bonds. The van der Waals surface area contributed by atoms with E-state index in [9.17, 15) is 4.79 Å². The molecule has 0 N–H and O–H groups in total. The molecule has 0 saturated carbocycles. The second-order valence-electron chi connectivity index (χ2n) is 7.39. The second-order valence-corrected chi connectivity index (χ2v) is 7.39. The summed E-state index contributed by atoms with van der Waals surface area (Å²) in [6.07, 6.45) is 9.50. The summed E-state index contributed by atoms with van der Waals surface area (Å²) in [5, 5.41) is 4.01. The Labute approximate surface area is 163 Å². The normalized spacial score (nSPS) is 15.0. The summed E-state index contributed by atoms with van der Waals surface area (Å²) in [5.41, 5.74) is 1.22. The summed E-state index contributed by atoms with van der Waals surface area (Å²) in [6.45, 7) is 5.63. The van der Waals surface area contributed by atoms with Gasteiger partial charge in [-0.25, -0.2) is 9.97 Å². The fourth-order valence-corrected chi connectivity index (χ4v) is 3.27. The van der Waals surface area contributed by atoms with Gasteiger partial charge < -0.3 is 9.42 Å². The van der Waals surface area contributed by atoms with Crippen molar-refractivity contribution in [3.63, 3.8) is 0 Å². The van der Waals surface area contributed by atoms with Crippen LogP contribution in [0.2, 0.25) is 0 Å². The summed E-state index contributed by atoms with van der Waals surface area (Å²) in [6, 6.07) is 3.67. The zero-order valence-electron chi connectivity index (χ0n) is 16.2. The second kappa shape index (κ2) is 7.92. The van der Waals surface area contributed by atoms with Crippen molar-refractivity contribution in [1.82, 2.24) is 29.6 Å². The average Bonchev–Trinajstić information content (AvgIpc) is 3.32. The van der Waals surface area contributed by atoms with Gasteiger partial charge in [-0.2, -0.15) is 4.98 Å². The van der Waals surface area contributed by atoms with Gasteiger partial charge in [-0.1, -0.05) is 31.8 Å². The maximum atomic E-state index is 12.7. The van der Waals surface area contributed by atoms with Crippen molar-refractivity contribution in [3.8, 4) is 17.3 Å². The predicted octanol–water partition coefficient (Wildman–Crippen LogP) is 3.46. The van der Waals surface area contributed by atoms with E-state index in [-0.39, 0.29) is 11.8 Å². The zero-order valence-corrected chi connectivity index (χ0v) is 16.2. The van der Waals surface area contributed by atoms with Gasteiger partial charge in [-0.05, 0) is 25.0 Å². The fraction of sp³-hybridized carbons (Fsp3) is 0.450. The number of hydrogen-bond donors (Lipinski definition) is 0. The van der Waals surface area contributed by atoms with Gasteiger partial charge in [0.1, 0.15) is 17.8 Å². The minimum absolute atomic E-state index is 0.0183. The summed E-state index contributed by atoms with van der Waals surface area (Å²) in [7, 11) is 0. The van der Waals surface area contributed by atoms with Crippen LogP contribution >= 0.6 is 0 Å². The van der Waals surface area contributed by atoms with Gasteiger partial charge in [0.15, 0.2) is 5.82 Å². The first-order chi connectivity index (χ1) is 13.6. The molecule has 0 bridgehead atoms. The highest BCUT2D eigenvalue weighted by Gasteiger charge is 2.20. The molecule has 3 aromatic heterocycles. The van der Waals surface area contributed by atoms with Crippen molar-refractivity contribution in [2.24, 2.45) is 0 Å². The van der Waals surface area contributed by atoms with Crippen LogP contribution < -0.4 is 0 Å². The molecule has 3 aromatic rings. The van der Waals surface area contributed by atoms with Gasteiger partial charge >= 0.3 is 0 Å². The van der Waals surface area contributed by atoms with Crippen LogP contribution in [0, 0.1) is 0 Å². The van der Waals surface area contributed by atoms with Gasteiger partial charge in [-0.3, -0.25) is 9.36 Å². The number of pyridine rings is 1.